The van der Waals surface area contributed by atoms with Gasteiger partial charge >= 0.3 is 0 Å². The summed E-state index contributed by atoms with van der Waals surface area (Å²) < 4.78 is 0. The number of H-pyrrole nitrogens is 1. The third-order valence-electron chi connectivity index (χ3n) is 6.08. The van der Waals surface area contributed by atoms with Gasteiger partial charge in [0, 0.05) is 16.7 Å². The van der Waals surface area contributed by atoms with Crippen LogP contribution in [0.3, 0.4) is 0 Å². The fourth-order valence-electron chi connectivity index (χ4n) is 5.85. The zero-order chi connectivity index (χ0) is 13.9. The van der Waals surface area contributed by atoms with Crippen LogP contribution in [0.2, 0.25) is 0 Å². The summed E-state index contributed by atoms with van der Waals surface area (Å²) in [5.41, 5.74) is 9.31. The Kier molecular flexibility index (Phi) is 2.71. The molecule has 5 rings (SSSR count). The Bertz CT molecular complexity index is 479. The number of nitrogens with one attached hydrogen (secondary N) is 1. The molecule has 4 bridgehead atoms. The van der Waals surface area contributed by atoms with E-state index in [1.165, 1.54) is 49.8 Å². The highest BCUT2D eigenvalue weighted by Crippen LogP contribution is 2.61. The van der Waals surface area contributed by atoms with Crippen LogP contribution in [0, 0.1) is 23.7 Å². The lowest BCUT2D eigenvalue weighted by Crippen LogP contribution is -2.49. The molecule has 1 aromatic heterocycles. The number of hydrogen-bond acceptors (Lipinski definition) is 2. The zero-order valence-corrected chi connectivity index (χ0v) is 12.8. The third kappa shape index (κ3) is 1.82. The second-order valence-corrected chi connectivity index (χ2v) is 8.26. The predicted octanol–water partition coefficient (Wildman–Crippen LogP) is 3.66. The molecular formula is C17H27N3. The van der Waals surface area contributed by atoms with E-state index < -0.39 is 0 Å². The van der Waals surface area contributed by atoms with Crippen molar-refractivity contribution in [1.29, 1.82) is 0 Å². The number of rotatable bonds is 3. The molecule has 3 N–H and O–H groups in total. The Labute approximate surface area is 121 Å². The molecule has 1 heterocycles. The van der Waals surface area contributed by atoms with Gasteiger partial charge in [0.05, 0.1) is 0 Å². The van der Waals surface area contributed by atoms with E-state index in [1.807, 2.05) is 0 Å². The molecule has 0 unspecified atom stereocenters. The maximum Gasteiger partial charge on any atom is 0.148 e. The van der Waals surface area contributed by atoms with E-state index in [9.17, 15) is 0 Å². The van der Waals surface area contributed by atoms with Crippen molar-refractivity contribution >= 4 is 5.82 Å². The molecule has 20 heavy (non-hydrogen) atoms. The maximum absolute atomic E-state index is 6.17. The standard InChI is InChI=1S/C17H27N3/c1-10(2)3-14-15(19-20-16(14)18)17-7-11-4-12(8-17)6-13(5-11)9-17/h10-13H,3-9H2,1-2H3,(H3,18,19,20). The SMILES string of the molecule is CC(C)Cc1c(N)n[nH]c1C12CC3CC(CC(C3)C1)C2. The van der Waals surface area contributed by atoms with Crippen molar-refractivity contribution in [2.24, 2.45) is 23.7 Å². The van der Waals surface area contributed by atoms with Gasteiger partial charge in [-0.2, -0.15) is 5.10 Å². The summed E-state index contributed by atoms with van der Waals surface area (Å²) in [5.74, 6) is 4.31. The molecule has 0 aliphatic heterocycles. The van der Waals surface area contributed by atoms with Crippen LogP contribution in [0.4, 0.5) is 5.82 Å². The summed E-state index contributed by atoms with van der Waals surface area (Å²) in [5, 5.41) is 7.74. The Morgan fingerprint density at radius 3 is 2.20 bits per heavy atom. The van der Waals surface area contributed by atoms with E-state index in [1.54, 1.807) is 0 Å². The summed E-state index contributed by atoms with van der Waals surface area (Å²) in [6, 6.07) is 0. The number of anilines is 1. The highest BCUT2D eigenvalue weighted by atomic mass is 15.2. The van der Waals surface area contributed by atoms with Crippen LogP contribution in [-0.2, 0) is 11.8 Å². The van der Waals surface area contributed by atoms with Crippen LogP contribution in [-0.4, -0.2) is 10.2 Å². The first-order valence-electron chi connectivity index (χ1n) is 8.39. The monoisotopic (exact) mass is 273 g/mol. The van der Waals surface area contributed by atoms with Crippen molar-refractivity contribution in [3.63, 3.8) is 0 Å². The molecule has 1 aromatic rings. The first-order valence-corrected chi connectivity index (χ1v) is 8.39. The second-order valence-electron chi connectivity index (χ2n) is 8.26. The van der Waals surface area contributed by atoms with Gasteiger partial charge in [-0.15, -0.1) is 0 Å². The number of aromatic nitrogens is 2. The van der Waals surface area contributed by atoms with E-state index >= 15 is 0 Å². The molecule has 110 valence electrons. The molecule has 3 nitrogen and oxygen atoms in total. The fraction of sp³-hybridized carbons (Fsp3) is 0.824. The number of nitrogens with two attached hydrogens (primary N) is 1. The van der Waals surface area contributed by atoms with Crippen LogP contribution < -0.4 is 5.73 Å². The minimum Gasteiger partial charge on any atom is -0.382 e. The van der Waals surface area contributed by atoms with Gasteiger partial charge in [0.2, 0.25) is 0 Å². The second kappa shape index (κ2) is 4.25. The Balaban J connectivity index is 1.74. The minimum atomic E-state index is 0.392. The lowest BCUT2D eigenvalue weighted by atomic mass is 9.48. The van der Waals surface area contributed by atoms with E-state index in [4.69, 9.17) is 5.73 Å². The number of nitrogen functional groups attached to an aromatic ring is 1. The van der Waals surface area contributed by atoms with E-state index in [0.717, 1.165) is 30.0 Å². The number of hydrogen-bond donors (Lipinski definition) is 2. The average Bonchev–Trinajstić information content (AvgIpc) is 2.69. The summed E-state index contributed by atoms with van der Waals surface area (Å²) in [4.78, 5) is 0. The molecule has 4 saturated carbocycles. The predicted molar refractivity (Wildman–Crippen MR) is 81.4 cm³/mol. The number of aromatic amines is 1. The van der Waals surface area contributed by atoms with Crippen LogP contribution in [0.5, 0.6) is 0 Å². The van der Waals surface area contributed by atoms with E-state index in [-0.39, 0.29) is 0 Å². The summed E-state index contributed by atoms with van der Waals surface area (Å²) >= 11 is 0. The van der Waals surface area contributed by atoms with Crippen molar-refractivity contribution in [2.45, 2.75) is 64.2 Å². The van der Waals surface area contributed by atoms with E-state index in [0.29, 0.717) is 11.3 Å². The quantitative estimate of drug-likeness (QED) is 0.883. The van der Waals surface area contributed by atoms with Crippen LogP contribution >= 0.6 is 0 Å². The Morgan fingerprint density at radius 1 is 1.15 bits per heavy atom. The first kappa shape index (κ1) is 12.7. The summed E-state index contributed by atoms with van der Waals surface area (Å²) in [6.45, 7) is 4.55. The van der Waals surface area contributed by atoms with Gasteiger partial charge in [-0.3, -0.25) is 5.10 Å². The third-order valence-corrected chi connectivity index (χ3v) is 6.08. The summed E-state index contributed by atoms with van der Waals surface area (Å²) in [6.07, 6.45) is 9.68. The molecular weight excluding hydrogens is 246 g/mol. The van der Waals surface area contributed by atoms with Crippen molar-refractivity contribution in [3.05, 3.63) is 11.3 Å². The minimum absolute atomic E-state index is 0.392. The summed E-state index contributed by atoms with van der Waals surface area (Å²) in [7, 11) is 0. The van der Waals surface area contributed by atoms with Crippen molar-refractivity contribution in [2.75, 3.05) is 5.73 Å². The first-order chi connectivity index (χ1) is 9.56. The lowest BCUT2D eigenvalue weighted by molar-refractivity contribution is -0.00764. The number of nitrogens with zero attached hydrogens (tertiary/aromatic N) is 1. The van der Waals surface area contributed by atoms with Gasteiger partial charge in [0.1, 0.15) is 5.82 Å². The highest BCUT2D eigenvalue weighted by Gasteiger charge is 2.53. The fourth-order valence-corrected chi connectivity index (χ4v) is 5.85. The van der Waals surface area contributed by atoms with Gasteiger partial charge < -0.3 is 5.73 Å². The maximum atomic E-state index is 6.17. The van der Waals surface area contributed by atoms with Crippen molar-refractivity contribution in [1.82, 2.24) is 10.2 Å². The van der Waals surface area contributed by atoms with Crippen LogP contribution in [0.1, 0.15) is 63.6 Å². The van der Waals surface area contributed by atoms with Gasteiger partial charge in [-0.25, -0.2) is 0 Å². The van der Waals surface area contributed by atoms with Gasteiger partial charge in [0.15, 0.2) is 0 Å². The zero-order valence-electron chi connectivity index (χ0n) is 12.8. The molecule has 3 heteroatoms. The smallest absolute Gasteiger partial charge is 0.148 e. The highest BCUT2D eigenvalue weighted by molar-refractivity contribution is 5.46. The van der Waals surface area contributed by atoms with Crippen LogP contribution in [0.15, 0.2) is 0 Å². The molecule has 4 fully saturated rings. The van der Waals surface area contributed by atoms with E-state index in [2.05, 4.69) is 24.0 Å². The molecule has 0 spiro atoms. The Morgan fingerprint density at radius 2 is 1.70 bits per heavy atom. The van der Waals surface area contributed by atoms with Crippen molar-refractivity contribution < 1.29 is 0 Å². The topological polar surface area (TPSA) is 54.7 Å². The molecule has 0 atom stereocenters. The molecule has 0 amide bonds. The van der Waals surface area contributed by atoms with Gasteiger partial charge in [0.25, 0.3) is 0 Å². The largest absolute Gasteiger partial charge is 0.382 e. The van der Waals surface area contributed by atoms with Gasteiger partial charge in [-0.1, -0.05) is 13.8 Å². The molecule has 0 radical (unpaired) electrons. The normalized spacial score (nSPS) is 38.9. The van der Waals surface area contributed by atoms with Crippen LogP contribution in [0.25, 0.3) is 0 Å². The molecule has 0 saturated heterocycles. The molecule has 0 aromatic carbocycles. The molecule has 4 aliphatic carbocycles. The van der Waals surface area contributed by atoms with Gasteiger partial charge in [-0.05, 0) is 68.6 Å². The average molecular weight is 273 g/mol. The van der Waals surface area contributed by atoms with Crippen molar-refractivity contribution in [3.8, 4) is 0 Å². The molecule has 4 aliphatic rings. The lowest BCUT2D eigenvalue weighted by Gasteiger charge is -2.56. The Hall–Kier alpha value is -0.990.